The van der Waals surface area contributed by atoms with Gasteiger partial charge in [0.2, 0.25) is 5.91 Å². The van der Waals surface area contributed by atoms with Gasteiger partial charge < -0.3 is 10.2 Å². The van der Waals surface area contributed by atoms with Crippen molar-refractivity contribution in [2.24, 2.45) is 0 Å². The van der Waals surface area contributed by atoms with Gasteiger partial charge in [-0.15, -0.1) is 0 Å². The van der Waals surface area contributed by atoms with E-state index in [-0.39, 0.29) is 36.9 Å². The Bertz CT molecular complexity index is 612. The third-order valence-electron chi connectivity index (χ3n) is 4.01. The Balaban J connectivity index is 2.24. The summed E-state index contributed by atoms with van der Waals surface area (Å²) in [5.41, 5.74) is 0.112. The molecule has 1 aromatic rings. The zero-order valence-corrected chi connectivity index (χ0v) is 13.8. The van der Waals surface area contributed by atoms with E-state index in [2.05, 4.69) is 10.4 Å². The van der Waals surface area contributed by atoms with E-state index in [9.17, 15) is 22.8 Å². The molecule has 9 heteroatoms. The summed E-state index contributed by atoms with van der Waals surface area (Å²) < 4.78 is 41.4. The van der Waals surface area contributed by atoms with Crippen molar-refractivity contribution >= 4 is 11.8 Å². The Morgan fingerprint density at radius 3 is 2.50 bits per heavy atom. The summed E-state index contributed by atoms with van der Waals surface area (Å²) in [5, 5.41) is 6.60. The third kappa shape index (κ3) is 4.07. The first-order chi connectivity index (χ1) is 11.1. The van der Waals surface area contributed by atoms with Crippen LogP contribution in [0.15, 0.2) is 12.4 Å². The number of hydrogen-bond donors (Lipinski definition) is 1. The maximum absolute atomic E-state index is 13.3. The number of hydrogen-bond acceptors (Lipinski definition) is 3. The van der Waals surface area contributed by atoms with Crippen LogP contribution in [0.3, 0.4) is 0 Å². The highest BCUT2D eigenvalue weighted by molar-refractivity contribution is 5.94. The highest BCUT2D eigenvalue weighted by Crippen LogP contribution is 2.33. The molecule has 0 aliphatic carbocycles. The first-order valence-electron chi connectivity index (χ1n) is 7.78. The van der Waals surface area contributed by atoms with Crippen LogP contribution in [0.4, 0.5) is 13.2 Å². The smallest absolute Gasteiger partial charge is 0.352 e. The average molecular weight is 346 g/mol. The van der Waals surface area contributed by atoms with E-state index < -0.39 is 24.2 Å². The molecule has 6 nitrogen and oxygen atoms in total. The Labute approximate surface area is 138 Å². The molecule has 0 spiro atoms. The van der Waals surface area contributed by atoms with Crippen molar-refractivity contribution in [1.82, 2.24) is 20.0 Å². The summed E-state index contributed by atoms with van der Waals surface area (Å²) >= 11 is 0. The Kier molecular flexibility index (Phi) is 5.19. The first kappa shape index (κ1) is 18.3. The minimum Gasteiger partial charge on any atom is -0.352 e. The van der Waals surface area contributed by atoms with Crippen molar-refractivity contribution in [1.29, 1.82) is 0 Å². The van der Waals surface area contributed by atoms with Crippen LogP contribution in [0.5, 0.6) is 0 Å². The van der Waals surface area contributed by atoms with Gasteiger partial charge in [0.25, 0.3) is 5.91 Å². The van der Waals surface area contributed by atoms with E-state index >= 15 is 0 Å². The number of likely N-dealkylation sites (tertiary alicyclic amines) is 1. The molecule has 1 aromatic heterocycles. The number of halogens is 3. The summed E-state index contributed by atoms with van der Waals surface area (Å²) in [6, 6.07) is -2.33. The van der Waals surface area contributed by atoms with Crippen LogP contribution in [-0.2, 0) is 4.79 Å². The maximum Gasteiger partial charge on any atom is 0.408 e. The fraction of sp³-hybridized carbons (Fsp3) is 0.667. The number of nitrogens with one attached hydrogen (secondary N) is 1. The number of rotatable bonds is 3. The summed E-state index contributed by atoms with van der Waals surface area (Å²) in [7, 11) is 0. The first-order valence-corrected chi connectivity index (χ1v) is 7.78. The van der Waals surface area contributed by atoms with Crippen molar-refractivity contribution < 1.29 is 22.8 Å². The van der Waals surface area contributed by atoms with Crippen molar-refractivity contribution in [3.63, 3.8) is 0 Å². The molecule has 1 aliphatic rings. The third-order valence-corrected chi connectivity index (χ3v) is 4.01. The molecule has 0 unspecified atom stereocenters. The molecule has 0 bridgehead atoms. The Morgan fingerprint density at radius 2 is 2.00 bits per heavy atom. The van der Waals surface area contributed by atoms with Gasteiger partial charge >= 0.3 is 6.18 Å². The van der Waals surface area contributed by atoms with Crippen molar-refractivity contribution in [2.75, 3.05) is 6.54 Å². The van der Waals surface area contributed by atoms with E-state index in [0.717, 1.165) is 4.90 Å². The monoisotopic (exact) mass is 346 g/mol. The highest BCUT2D eigenvalue weighted by atomic mass is 19.4. The van der Waals surface area contributed by atoms with Gasteiger partial charge in [-0.3, -0.25) is 14.3 Å². The molecule has 0 aromatic carbocycles. The molecule has 2 rings (SSSR count). The number of carbonyl (C=O) groups excluding carboxylic acids is 2. The van der Waals surface area contributed by atoms with Crippen molar-refractivity contribution in [3.8, 4) is 0 Å². The molecule has 0 radical (unpaired) electrons. The number of piperidine rings is 1. The zero-order chi connectivity index (χ0) is 18.1. The van der Waals surface area contributed by atoms with Crippen LogP contribution in [0.1, 0.15) is 50.0 Å². The Morgan fingerprint density at radius 1 is 1.33 bits per heavy atom. The molecule has 1 fully saturated rings. The van der Waals surface area contributed by atoms with Gasteiger partial charge in [-0.05, 0) is 26.7 Å². The maximum atomic E-state index is 13.3. The van der Waals surface area contributed by atoms with Crippen LogP contribution in [0, 0.1) is 0 Å². The van der Waals surface area contributed by atoms with Gasteiger partial charge in [-0.25, -0.2) is 0 Å². The standard InChI is InChI=1S/C15H21F3N4O2/c1-9(2)22-7-11(6-19-22)14(24)21-8-12(20-10(3)23)4-5-13(21)15(16,17)18/h6-7,9,12-13H,4-5,8H2,1-3H3,(H,20,23)/t12-,13+/m0/s1. The molecule has 1 N–H and O–H groups in total. The second kappa shape index (κ2) is 6.82. The molecule has 2 heterocycles. The van der Waals surface area contributed by atoms with Crippen LogP contribution in [0.25, 0.3) is 0 Å². The zero-order valence-electron chi connectivity index (χ0n) is 13.8. The van der Waals surface area contributed by atoms with E-state index in [0.29, 0.717) is 0 Å². The minimum absolute atomic E-state index is 0.00144. The van der Waals surface area contributed by atoms with Crippen LogP contribution >= 0.6 is 0 Å². The lowest BCUT2D eigenvalue weighted by Gasteiger charge is -2.40. The number of carbonyl (C=O) groups is 2. The lowest BCUT2D eigenvalue weighted by Crippen LogP contribution is -2.58. The molecule has 1 saturated heterocycles. The predicted octanol–water partition coefficient (Wildman–Crippen LogP) is 2.14. The van der Waals surface area contributed by atoms with Crippen LogP contribution in [0.2, 0.25) is 0 Å². The van der Waals surface area contributed by atoms with Gasteiger partial charge in [0.05, 0.1) is 11.8 Å². The van der Waals surface area contributed by atoms with Gasteiger partial charge in [-0.2, -0.15) is 18.3 Å². The Hall–Kier alpha value is -2.06. The molecule has 0 saturated carbocycles. The summed E-state index contributed by atoms with van der Waals surface area (Å²) in [4.78, 5) is 24.5. The fourth-order valence-corrected chi connectivity index (χ4v) is 2.84. The number of amides is 2. The van der Waals surface area contributed by atoms with Crippen molar-refractivity contribution in [3.05, 3.63) is 18.0 Å². The number of aromatic nitrogens is 2. The van der Waals surface area contributed by atoms with E-state index in [1.54, 1.807) is 0 Å². The second-order valence-electron chi connectivity index (χ2n) is 6.29. The molecule has 2 atom stereocenters. The largest absolute Gasteiger partial charge is 0.408 e. The fourth-order valence-electron chi connectivity index (χ4n) is 2.84. The van der Waals surface area contributed by atoms with Crippen LogP contribution in [-0.4, -0.2) is 51.3 Å². The molecule has 134 valence electrons. The predicted molar refractivity (Wildman–Crippen MR) is 80.3 cm³/mol. The molecular formula is C15H21F3N4O2. The summed E-state index contributed by atoms with van der Waals surface area (Å²) in [6.07, 6.45) is -1.84. The average Bonchev–Trinajstić information content (AvgIpc) is 2.94. The number of nitrogens with zero attached hydrogens (tertiary/aromatic N) is 3. The van der Waals surface area contributed by atoms with E-state index in [4.69, 9.17) is 0 Å². The summed E-state index contributed by atoms with van der Waals surface area (Å²) in [5.74, 6) is -1.05. The molecule has 1 aliphatic heterocycles. The van der Waals surface area contributed by atoms with Crippen molar-refractivity contribution in [2.45, 2.75) is 57.9 Å². The molecule has 2 amide bonds. The normalized spacial score (nSPS) is 21.9. The topological polar surface area (TPSA) is 67.2 Å². The second-order valence-corrected chi connectivity index (χ2v) is 6.29. The molecule has 24 heavy (non-hydrogen) atoms. The minimum atomic E-state index is -4.51. The highest BCUT2D eigenvalue weighted by Gasteiger charge is 2.48. The van der Waals surface area contributed by atoms with Gasteiger partial charge in [0.15, 0.2) is 0 Å². The lowest BCUT2D eigenvalue weighted by molar-refractivity contribution is -0.184. The molecular weight excluding hydrogens is 325 g/mol. The SMILES string of the molecule is CC(=O)N[C@H]1CC[C@H](C(F)(F)F)N(C(=O)c2cnn(C(C)C)c2)C1. The van der Waals surface area contributed by atoms with Gasteiger partial charge in [0.1, 0.15) is 6.04 Å². The quantitative estimate of drug-likeness (QED) is 0.912. The van der Waals surface area contributed by atoms with E-state index in [1.165, 1.54) is 24.0 Å². The van der Waals surface area contributed by atoms with Crippen LogP contribution < -0.4 is 5.32 Å². The van der Waals surface area contributed by atoms with Gasteiger partial charge in [-0.1, -0.05) is 0 Å². The van der Waals surface area contributed by atoms with Gasteiger partial charge in [0, 0.05) is 31.7 Å². The van der Waals surface area contributed by atoms with E-state index in [1.807, 2.05) is 13.8 Å². The number of alkyl halides is 3. The lowest BCUT2D eigenvalue weighted by atomic mass is 9.97. The summed E-state index contributed by atoms with van der Waals surface area (Å²) in [6.45, 7) is 4.84.